The molecule has 0 saturated heterocycles. The van der Waals surface area contributed by atoms with E-state index in [1.165, 1.54) is 0 Å². The molecule has 0 aliphatic heterocycles. The highest BCUT2D eigenvalue weighted by Crippen LogP contribution is 2.04. The zero-order chi connectivity index (χ0) is 7.40. The lowest BCUT2D eigenvalue weighted by Crippen LogP contribution is -1.99. The van der Waals surface area contributed by atoms with Gasteiger partial charge in [-0.25, -0.2) is 0 Å². The Balaban J connectivity index is 2.59. The van der Waals surface area contributed by atoms with Crippen molar-refractivity contribution in [2.24, 2.45) is 0 Å². The van der Waals surface area contributed by atoms with Crippen LogP contribution in [0.15, 0.2) is 30.3 Å². The lowest BCUT2D eigenvalue weighted by atomic mass is 10.2. The maximum Gasteiger partial charge on any atom is 0.381 e. The van der Waals surface area contributed by atoms with Crippen LogP contribution in [-0.2, 0) is 6.04 Å². The first-order chi connectivity index (χ1) is 4.79. The molecule has 53 valence electrons. The van der Waals surface area contributed by atoms with Crippen molar-refractivity contribution in [3.05, 3.63) is 35.9 Å². The van der Waals surface area contributed by atoms with Crippen LogP contribution in [0.3, 0.4) is 0 Å². The fraction of sp³-hybridized carbons (Fsp3) is 0.143. The molecule has 10 heavy (non-hydrogen) atoms. The minimum absolute atomic E-state index is 0.396. The van der Waals surface area contributed by atoms with Crippen LogP contribution in [0.5, 0.6) is 0 Å². The summed E-state index contributed by atoms with van der Waals surface area (Å²) in [5.74, 6) is 0. The Morgan fingerprint density at radius 1 is 1.30 bits per heavy atom. The molecule has 1 rings (SSSR count). The third-order valence-electron chi connectivity index (χ3n) is 1.18. The molecule has 0 spiro atoms. The number of halogens is 2. The first kappa shape index (κ1) is 7.76. The molecule has 0 fully saturated rings. The van der Waals surface area contributed by atoms with E-state index in [2.05, 4.69) is 0 Å². The lowest BCUT2D eigenvalue weighted by molar-refractivity contribution is 0.848. The Bertz CT molecular complexity index is 188. The monoisotopic (exact) mass is 173 g/mol. The van der Waals surface area contributed by atoms with Gasteiger partial charge in [-0.15, -0.1) is 11.1 Å². The van der Waals surface area contributed by atoms with Crippen LogP contribution in [0.1, 0.15) is 5.56 Å². The third-order valence-corrected chi connectivity index (χ3v) is 2.26. The highest BCUT2D eigenvalue weighted by Gasteiger charge is 2.06. The second kappa shape index (κ2) is 3.74. The van der Waals surface area contributed by atoms with Crippen molar-refractivity contribution in [3.63, 3.8) is 0 Å². The van der Waals surface area contributed by atoms with Gasteiger partial charge in [0.15, 0.2) is 0 Å². The molecule has 0 saturated carbocycles. The molecule has 0 N–H and O–H groups in total. The second-order valence-electron chi connectivity index (χ2n) is 2.00. The van der Waals surface area contributed by atoms with Gasteiger partial charge >= 0.3 is 8.44 Å². The zero-order valence-electron chi connectivity index (χ0n) is 5.35. The predicted octanol–water partition coefficient (Wildman–Crippen LogP) is 2.46. The fourth-order valence-corrected chi connectivity index (χ4v) is 1.76. The second-order valence-corrected chi connectivity index (χ2v) is 4.26. The van der Waals surface area contributed by atoms with Gasteiger partial charge in [-0.1, -0.05) is 30.3 Å². The smallest absolute Gasteiger partial charge is 0.292 e. The summed E-state index contributed by atoms with van der Waals surface area (Å²) in [6.45, 7) is 0. The van der Waals surface area contributed by atoms with Gasteiger partial charge in [-0.2, -0.15) is 0 Å². The van der Waals surface area contributed by atoms with Crippen LogP contribution in [0.2, 0.25) is 0 Å². The van der Waals surface area contributed by atoms with Gasteiger partial charge in [0.25, 0.3) is 0 Å². The molecule has 1 aromatic rings. The number of hydrogen-bond acceptors (Lipinski definition) is 0. The molecule has 0 aliphatic rings. The highest BCUT2D eigenvalue weighted by molar-refractivity contribution is 7.02. The molecule has 0 amide bonds. The van der Waals surface area contributed by atoms with Gasteiger partial charge in [0.1, 0.15) is 0 Å². The Morgan fingerprint density at radius 2 is 1.90 bits per heavy atom. The Morgan fingerprint density at radius 3 is 2.40 bits per heavy atom. The Hall–Kier alpha value is -0.343. The molecule has 0 bridgehead atoms. The fourth-order valence-electron chi connectivity index (χ4n) is 0.750. The molecule has 1 radical (unpaired) electrons. The number of rotatable bonds is 2. The van der Waals surface area contributed by atoms with Crippen molar-refractivity contribution in [3.8, 4) is 0 Å². The van der Waals surface area contributed by atoms with E-state index in [9.17, 15) is 4.11 Å². The molecule has 1 aromatic carbocycles. The number of hydrogen-bond donors (Lipinski definition) is 0. The van der Waals surface area contributed by atoms with Gasteiger partial charge < -0.3 is 0 Å². The minimum Gasteiger partial charge on any atom is -0.292 e. The Kier molecular flexibility index (Phi) is 2.90. The van der Waals surface area contributed by atoms with Gasteiger partial charge in [0, 0.05) is 6.04 Å². The van der Waals surface area contributed by atoms with E-state index in [4.69, 9.17) is 11.1 Å². The van der Waals surface area contributed by atoms with Gasteiger partial charge in [0.05, 0.1) is 0 Å². The van der Waals surface area contributed by atoms with Crippen LogP contribution in [0, 0.1) is 0 Å². The van der Waals surface area contributed by atoms with Gasteiger partial charge in [-0.3, -0.25) is 4.11 Å². The summed E-state index contributed by atoms with van der Waals surface area (Å²) in [6.07, 6.45) is 0. The SMILES string of the molecule is F[Si](Cl)Cc1ccccc1. The highest BCUT2D eigenvalue weighted by atomic mass is 35.6. The first-order valence-electron chi connectivity index (χ1n) is 3.00. The standard InChI is InChI=1S/C7H7ClFSi/c8-10(9)6-7-4-2-1-3-5-7/h1-5H,6H2. The molecule has 0 heterocycles. The van der Waals surface area contributed by atoms with Crippen LogP contribution in [-0.4, -0.2) is 8.44 Å². The van der Waals surface area contributed by atoms with Crippen molar-refractivity contribution in [2.45, 2.75) is 6.04 Å². The van der Waals surface area contributed by atoms with Crippen molar-refractivity contribution < 1.29 is 4.11 Å². The summed E-state index contributed by atoms with van der Waals surface area (Å²) in [6, 6.07) is 9.84. The quantitative estimate of drug-likeness (QED) is 0.476. The molecule has 0 aliphatic carbocycles. The molecular formula is C7H7ClFSi. The number of benzene rings is 1. The molecule has 3 heteroatoms. The predicted molar refractivity (Wildman–Crippen MR) is 42.9 cm³/mol. The molecule has 0 atom stereocenters. The minimum atomic E-state index is -2.11. The van der Waals surface area contributed by atoms with E-state index in [0.717, 1.165) is 5.56 Å². The summed E-state index contributed by atoms with van der Waals surface area (Å²) in [5.41, 5.74) is 0.980. The molecule has 0 nitrogen and oxygen atoms in total. The molecular weight excluding hydrogens is 167 g/mol. The summed E-state index contributed by atoms with van der Waals surface area (Å²) in [5, 5.41) is 0. The van der Waals surface area contributed by atoms with Crippen LogP contribution in [0.25, 0.3) is 0 Å². The largest absolute Gasteiger partial charge is 0.381 e. The summed E-state index contributed by atoms with van der Waals surface area (Å²) in [7, 11) is -2.11. The maximum atomic E-state index is 12.3. The average molecular weight is 174 g/mol. The van der Waals surface area contributed by atoms with E-state index < -0.39 is 8.44 Å². The molecule has 0 unspecified atom stereocenters. The van der Waals surface area contributed by atoms with Crippen molar-refractivity contribution in [1.82, 2.24) is 0 Å². The van der Waals surface area contributed by atoms with Gasteiger partial charge in [0.2, 0.25) is 0 Å². The topological polar surface area (TPSA) is 0 Å². The van der Waals surface area contributed by atoms with Crippen LogP contribution in [0.4, 0.5) is 4.11 Å². The van der Waals surface area contributed by atoms with E-state index in [1.807, 2.05) is 30.3 Å². The average Bonchev–Trinajstić information content (AvgIpc) is 1.88. The maximum absolute atomic E-state index is 12.3. The van der Waals surface area contributed by atoms with Crippen LogP contribution < -0.4 is 0 Å². The van der Waals surface area contributed by atoms with E-state index >= 15 is 0 Å². The summed E-state index contributed by atoms with van der Waals surface area (Å²) < 4.78 is 12.3. The van der Waals surface area contributed by atoms with Crippen molar-refractivity contribution in [2.75, 3.05) is 0 Å². The normalized spacial score (nSPS) is 10.3. The van der Waals surface area contributed by atoms with Crippen molar-refractivity contribution >= 4 is 19.5 Å². The van der Waals surface area contributed by atoms with E-state index in [1.54, 1.807) is 0 Å². The molecule has 0 aromatic heterocycles. The Labute approximate surface area is 66.1 Å². The summed E-state index contributed by atoms with van der Waals surface area (Å²) in [4.78, 5) is 0. The van der Waals surface area contributed by atoms with Gasteiger partial charge in [-0.05, 0) is 5.56 Å². The lowest BCUT2D eigenvalue weighted by Gasteiger charge is -1.95. The third kappa shape index (κ3) is 2.50. The first-order valence-corrected chi connectivity index (χ1v) is 5.59. The zero-order valence-corrected chi connectivity index (χ0v) is 7.11. The van der Waals surface area contributed by atoms with Crippen molar-refractivity contribution in [1.29, 1.82) is 0 Å². The summed E-state index contributed by atoms with van der Waals surface area (Å²) >= 11 is 5.25. The van der Waals surface area contributed by atoms with E-state index in [-0.39, 0.29) is 0 Å². The van der Waals surface area contributed by atoms with Crippen LogP contribution >= 0.6 is 11.1 Å². The van der Waals surface area contributed by atoms with E-state index in [0.29, 0.717) is 6.04 Å².